The summed E-state index contributed by atoms with van der Waals surface area (Å²) in [7, 11) is 2.04. The molecular weight excluding hydrogens is 140 g/mol. The Morgan fingerprint density at radius 1 is 1.64 bits per heavy atom. The lowest BCUT2D eigenvalue weighted by molar-refractivity contribution is 0.865. The molecule has 2 rings (SSSR count). The predicted molar refractivity (Wildman–Crippen MR) is 43.8 cm³/mol. The SMILES string of the molecule is CN1CCNc2ncncc21. The predicted octanol–water partition coefficient (Wildman–Crippen LogP) is 0.338. The molecule has 1 aliphatic heterocycles. The van der Waals surface area contributed by atoms with Gasteiger partial charge in [-0.25, -0.2) is 9.97 Å². The maximum atomic E-state index is 4.11. The van der Waals surface area contributed by atoms with Gasteiger partial charge in [-0.1, -0.05) is 0 Å². The van der Waals surface area contributed by atoms with Crippen LogP contribution in [-0.2, 0) is 0 Å². The van der Waals surface area contributed by atoms with Crippen LogP contribution in [-0.4, -0.2) is 30.1 Å². The normalized spacial score (nSPS) is 15.5. The summed E-state index contributed by atoms with van der Waals surface area (Å²) in [5, 5.41) is 3.20. The molecule has 1 N–H and O–H groups in total. The summed E-state index contributed by atoms with van der Waals surface area (Å²) in [6.07, 6.45) is 3.39. The molecule has 1 aromatic rings. The van der Waals surface area contributed by atoms with Crippen molar-refractivity contribution >= 4 is 11.5 Å². The van der Waals surface area contributed by atoms with Crippen molar-refractivity contribution in [3.05, 3.63) is 12.5 Å². The Kier molecular flexibility index (Phi) is 1.38. The number of likely N-dealkylation sites (N-methyl/N-ethyl adjacent to an activating group) is 1. The quantitative estimate of drug-likeness (QED) is 0.579. The minimum atomic E-state index is 0.939. The molecule has 1 aromatic heterocycles. The van der Waals surface area contributed by atoms with Gasteiger partial charge >= 0.3 is 0 Å². The average molecular weight is 150 g/mol. The molecule has 0 aliphatic carbocycles. The average Bonchev–Trinajstić information content (AvgIpc) is 2.06. The van der Waals surface area contributed by atoms with Gasteiger partial charge in [0, 0.05) is 20.1 Å². The van der Waals surface area contributed by atoms with Gasteiger partial charge in [-0.2, -0.15) is 0 Å². The molecule has 2 heterocycles. The lowest BCUT2D eigenvalue weighted by Crippen LogP contribution is -2.30. The van der Waals surface area contributed by atoms with Crippen LogP contribution < -0.4 is 10.2 Å². The maximum Gasteiger partial charge on any atom is 0.153 e. The molecule has 0 spiro atoms. The molecule has 0 unspecified atom stereocenters. The summed E-state index contributed by atoms with van der Waals surface area (Å²) < 4.78 is 0. The number of rotatable bonds is 0. The first-order valence-electron chi connectivity index (χ1n) is 3.63. The van der Waals surface area contributed by atoms with E-state index >= 15 is 0 Å². The van der Waals surface area contributed by atoms with Crippen LogP contribution in [0.3, 0.4) is 0 Å². The Hall–Kier alpha value is -1.32. The van der Waals surface area contributed by atoms with Crippen molar-refractivity contribution in [3.8, 4) is 0 Å². The lowest BCUT2D eigenvalue weighted by Gasteiger charge is -2.26. The van der Waals surface area contributed by atoms with Crippen molar-refractivity contribution in [2.45, 2.75) is 0 Å². The molecule has 0 radical (unpaired) electrons. The van der Waals surface area contributed by atoms with Crippen molar-refractivity contribution < 1.29 is 0 Å². The summed E-state index contributed by atoms with van der Waals surface area (Å²) in [6.45, 7) is 1.97. The van der Waals surface area contributed by atoms with Crippen LogP contribution in [0, 0.1) is 0 Å². The number of nitrogens with one attached hydrogen (secondary N) is 1. The second kappa shape index (κ2) is 2.38. The van der Waals surface area contributed by atoms with Crippen LogP contribution in [0.15, 0.2) is 12.5 Å². The first-order valence-corrected chi connectivity index (χ1v) is 3.63. The minimum Gasteiger partial charge on any atom is -0.369 e. The highest BCUT2D eigenvalue weighted by Gasteiger charge is 2.12. The summed E-state index contributed by atoms with van der Waals surface area (Å²) >= 11 is 0. The molecule has 0 amide bonds. The van der Waals surface area contributed by atoms with Crippen LogP contribution in [0.1, 0.15) is 0 Å². The third-order valence-corrected chi connectivity index (χ3v) is 1.84. The molecule has 0 bridgehead atoms. The molecule has 58 valence electrons. The van der Waals surface area contributed by atoms with E-state index in [0.29, 0.717) is 0 Å². The number of fused-ring (bicyclic) bond motifs is 1. The Morgan fingerprint density at radius 2 is 2.55 bits per heavy atom. The summed E-state index contributed by atoms with van der Waals surface area (Å²) in [5.41, 5.74) is 1.08. The van der Waals surface area contributed by atoms with Gasteiger partial charge in [0.15, 0.2) is 5.82 Å². The van der Waals surface area contributed by atoms with Crippen molar-refractivity contribution in [3.63, 3.8) is 0 Å². The molecule has 1 aliphatic rings. The van der Waals surface area contributed by atoms with Gasteiger partial charge in [0.2, 0.25) is 0 Å². The van der Waals surface area contributed by atoms with Gasteiger partial charge in [-0.05, 0) is 0 Å². The van der Waals surface area contributed by atoms with Crippen LogP contribution >= 0.6 is 0 Å². The number of aromatic nitrogens is 2. The van der Waals surface area contributed by atoms with Gasteiger partial charge in [-0.3, -0.25) is 0 Å². The van der Waals surface area contributed by atoms with Crippen molar-refractivity contribution in [2.24, 2.45) is 0 Å². The summed E-state index contributed by atoms with van der Waals surface area (Å²) in [6, 6.07) is 0. The number of anilines is 2. The lowest BCUT2D eigenvalue weighted by atomic mass is 10.3. The van der Waals surface area contributed by atoms with E-state index in [1.807, 2.05) is 13.2 Å². The Morgan fingerprint density at radius 3 is 3.36 bits per heavy atom. The van der Waals surface area contributed by atoms with Crippen LogP contribution in [0.25, 0.3) is 0 Å². The number of hydrogen-bond donors (Lipinski definition) is 1. The second-order valence-corrected chi connectivity index (χ2v) is 2.60. The Labute approximate surface area is 65.3 Å². The highest BCUT2D eigenvalue weighted by molar-refractivity contribution is 5.65. The fraction of sp³-hybridized carbons (Fsp3) is 0.429. The summed E-state index contributed by atoms with van der Waals surface area (Å²) in [4.78, 5) is 10.2. The third kappa shape index (κ3) is 1.00. The topological polar surface area (TPSA) is 41.0 Å². The molecular formula is C7H10N4. The standard InChI is InChI=1S/C7H10N4/c1-11-3-2-9-7-6(11)4-8-5-10-7/h4-5H,2-3H2,1H3,(H,8,9,10). The van der Waals surface area contributed by atoms with Gasteiger partial charge in [0.05, 0.1) is 11.9 Å². The van der Waals surface area contributed by atoms with Gasteiger partial charge in [0.1, 0.15) is 6.33 Å². The highest BCUT2D eigenvalue weighted by atomic mass is 15.2. The van der Waals surface area contributed by atoms with Gasteiger partial charge < -0.3 is 10.2 Å². The summed E-state index contributed by atoms with van der Waals surface area (Å²) in [5.74, 6) is 0.939. The number of nitrogens with zero attached hydrogens (tertiary/aromatic N) is 3. The fourth-order valence-corrected chi connectivity index (χ4v) is 1.20. The third-order valence-electron chi connectivity index (χ3n) is 1.84. The minimum absolute atomic E-state index is 0.939. The van der Waals surface area contributed by atoms with Gasteiger partial charge in [0.25, 0.3) is 0 Å². The molecule has 0 atom stereocenters. The molecule has 0 saturated carbocycles. The van der Waals surface area contributed by atoms with E-state index in [1.54, 1.807) is 6.33 Å². The molecule has 0 aromatic carbocycles. The molecule has 0 saturated heterocycles. The fourth-order valence-electron chi connectivity index (χ4n) is 1.20. The van der Waals surface area contributed by atoms with E-state index < -0.39 is 0 Å². The Balaban J connectivity index is 2.44. The monoisotopic (exact) mass is 150 g/mol. The second-order valence-electron chi connectivity index (χ2n) is 2.60. The zero-order chi connectivity index (χ0) is 7.68. The Bertz CT molecular complexity index is 260. The van der Waals surface area contributed by atoms with Crippen molar-refractivity contribution in [2.75, 3.05) is 30.4 Å². The molecule has 11 heavy (non-hydrogen) atoms. The van der Waals surface area contributed by atoms with Crippen molar-refractivity contribution in [1.82, 2.24) is 9.97 Å². The molecule has 4 nitrogen and oxygen atoms in total. The number of hydrogen-bond acceptors (Lipinski definition) is 4. The van der Waals surface area contributed by atoms with Gasteiger partial charge in [-0.15, -0.1) is 0 Å². The van der Waals surface area contributed by atoms with E-state index in [1.165, 1.54) is 0 Å². The first kappa shape index (κ1) is 6.39. The first-order chi connectivity index (χ1) is 5.38. The van der Waals surface area contributed by atoms with Crippen LogP contribution in [0.5, 0.6) is 0 Å². The maximum absolute atomic E-state index is 4.11. The van der Waals surface area contributed by atoms with E-state index in [2.05, 4.69) is 20.2 Å². The van der Waals surface area contributed by atoms with E-state index in [-0.39, 0.29) is 0 Å². The van der Waals surface area contributed by atoms with Crippen LogP contribution in [0.4, 0.5) is 11.5 Å². The zero-order valence-electron chi connectivity index (χ0n) is 6.41. The van der Waals surface area contributed by atoms with E-state index in [9.17, 15) is 0 Å². The zero-order valence-corrected chi connectivity index (χ0v) is 6.41. The largest absolute Gasteiger partial charge is 0.369 e. The molecule has 0 fully saturated rings. The molecule has 4 heteroatoms. The van der Waals surface area contributed by atoms with Crippen LogP contribution in [0.2, 0.25) is 0 Å². The smallest absolute Gasteiger partial charge is 0.153 e. The highest BCUT2D eigenvalue weighted by Crippen LogP contribution is 2.22. The van der Waals surface area contributed by atoms with E-state index in [4.69, 9.17) is 0 Å². The van der Waals surface area contributed by atoms with Crippen molar-refractivity contribution in [1.29, 1.82) is 0 Å². The van der Waals surface area contributed by atoms with E-state index in [0.717, 1.165) is 24.6 Å².